The Balaban J connectivity index is 2.03. The van der Waals surface area contributed by atoms with Crippen LogP contribution in [0.5, 0.6) is 0 Å². The SMILES string of the molecule is CCc1cc(CC(O)Cc2ccccc2F)n(C)n1. The fourth-order valence-electron chi connectivity index (χ4n) is 2.17. The van der Waals surface area contributed by atoms with Gasteiger partial charge in [-0.15, -0.1) is 0 Å². The van der Waals surface area contributed by atoms with Gasteiger partial charge in [-0.1, -0.05) is 25.1 Å². The number of aromatic nitrogens is 2. The van der Waals surface area contributed by atoms with E-state index in [2.05, 4.69) is 5.10 Å². The van der Waals surface area contributed by atoms with E-state index in [1.165, 1.54) is 6.07 Å². The number of nitrogens with zero attached hydrogens (tertiary/aromatic N) is 2. The molecular formula is C15H19FN2O. The Bertz CT molecular complexity index is 551. The van der Waals surface area contributed by atoms with Crippen LogP contribution in [0.4, 0.5) is 4.39 Å². The molecule has 102 valence electrons. The van der Waals surface area contributed by atoms with E-state index >= 15 is 0 Å². The molecule has 4 heteroatoms. The maximum atomic E-state index is 13.5. The molecule has 0 aliphatic rings. The van der Waals surface area contributed by atoms with Crippen LogP contribution in [-0.2, 0) is 26.3 Å². The highest BCUT2D eigenvalue weighted by atomic mass is 19.1. The average Bonchev–Trinajstić information content (AvgIpc) is 2.73. The molecule has 1 aromatic heterocycles. The lowest BCUT2D eigenvalue weighted by Crippen LogP contribution is -2.16. The Morgan fingerprint density at radius 1 is 1.32 bits per heavy atom. The Morgan fingerprint density at radius 3 is 2.68 bits per heavy atom. The van der Waals surface area contributed by atoms with Crippen molar-refractivity contribution in [2.45, 2.75) is 32.3 Å². The van der Waals surface area contributed by atoms with Crippen LogP contribution in [0.2, 0.25) is 0 Å². The minimum absolute atomic E-state index is 0.263. The zero-order valence-corrected chi connectivity index (χ0v) is 11.3. The molecule has 0 amide bonds. The van der Waals surface area contributed by atoms with E-state index in [1.807, 2.05) is 20.0 Å². The van der Waals surface area contributed by atoms with Gasteiger partial charge in [0, 0.05) is 25.6 Å². The van der Waals surface area contributed by atoms with Crippen LogP contribution >= 0.6 is 0 Å². The van der Waals surface area contributed by atoms with E-state index < -0.39 is 6.10 Å². The van der Waals surface area contributed by atoms with Crippen LogP contribution in [0.15, 0.2) is 30.3 Å². The number of aliphatic hydroxyl groups is 1. The summed E-state index contributed by atoms with van der Waals surface area (Å²) < 4.78 is 15.3. The molecule has 0 aliphatic heterocycles. The molecule has 1 atom stereocenters. The molecule has 2 rings (SSSR count). The normalized spacial score (nSPS) is 12.6. The summed E-state index contributed by atoms with van der Waals surface area (Å²) >= 11 is 0. The molecule has 0 bridgehead atoms. The lowest BCUT2D eigenvalue weighted by atomic mass is 10.0. The minimum Gasteiger partial charge on any atom is -0.392 e. The number of aliphatic hydroxyl groups excluding tert-OH is 1. The second-order valence-electron chi connectivity index (χ2n) is 4.76. The number of benzene rings is 1. The fourth-order valence-corrected chi connectivity index (χ4v) is 2.17. The Labute approximate surface area is 112 Å². The van der Waals surface area contributed by atoms with Crippen LogP contribution in [0.25, 0.3) is 0 Å². The largest absolute Gasteiger partial charge is 0.392 e. The first kappa shape index (κ1) is 13.7. The molecule has 1 N–H and O–H groups in total. The molecule has 0 radical (unpaired) electrons. The van der Waals surface area contributed by atoms with E-state index in [0.29, 0.717) is 18.4 Å². The smallest absolute Gasteiger partial charge is 0.126 e. The molecule has 0 spiro atoms. The fraction of sp³-hybridized carbons (Fsp3) is 0.400. The summed E-state index contributed by atoms with van der Waals surface area (Å²) in [5.74, 6) is -0.263. The van der Waals surface area contributed by atoms with Crippen LogP contribution in [0.1, 0.15) is 23.9 Å². The highest BCUT2D eigenvalue weighted by molar-refractivity contribution is 5.19. The molecule has 19 heavy (non-hydrogen) atoms. The predicted octanol–water partition coefficient (Wildman–Crippen LogP) is 2.27. The van der Waals surface area contributed by atoms with Crippen molar-refractivity contribution in [3.63, 3.8) is 0 Å². The summed E-state index contributed by atoms with van der Waals surface area (Å²) in [6.07, 6.45) is 1.08. The van der Waals surface area contributed by atoms with Crippen molar-refractivity contribution in [2.75, 3.05) is 0 Å². The molecule has 0 saturated carbocycles. The summed E-state index contributed by atoms with van der Waals surface area (Å²) in [5, 5.41) is 14.4. The standard InChI is InChI=1S/C15H19FN2O/c1-3-12-9-13(18(2)17-12)10-14(19)8-11-6-4-5-7-15(11)16/h4-7,9,14,19H,3,8,10H2,1-2H3. The van der Waals surface area contributed by atoms with Gasteiger partial charge in [-0.2, -0.15) is 5.10 Å². The van der Waals surface area contributed by atoms with Crippen LogP contribution in [0.3, 0.4) is 0 Å². The van der Waals surface area contributed by atoms with E-state index in [4.69, 9.17) is 0 Å². The average molecular weight is 262 g/mol. The van der Waals surface area contributed by atoms with Crippen molar-refractivity contribution in [3.8, 4) is 0 Å². The molecule has 1 heterocycles. The molecule has 0 saturated heterocycles. The second-order valence-corrected chi connectivity index (χ2v) is 4.76. The summed E-state index contributed by atoms with van der Waals surface area (Å²) in [7, 11) is 1.87. The van der Waals surface area contributed by atoms with Crippen molar-refractivity contribution in [3.05, 3.63) is 53.1 Å². The van der Waals surface area contributed by atoms with E-state index in [0.717, 1.165) is 17.8 Å². The van der Waals surface area contributed by atoms with Crippen LogP contribution < -0.4 is 0 Å². The minimum atomic E-state index is -0.600. The number of hydrogen-bond acceptors (Lipinski definition) is 2. The van der Waals surface area contributed by atoms with Crippen LogP contribution in [-0.4, -0.2) is 21.0 Å². The highest BCUT2D eigenvalue weighted by Gasteiger charge is 2.13. The number of rotatable bonds is 5. The summed E-state index contributed by atoms with van der Waals surface area (Å²) in [5.41, 5.74) is 2.53. The van der Waals surface area contributed by atoms with Crippen molar-refractivity contribution >= 4 is 0 Å². The van der Waals surface area contributed by atoms with E-state index in [-0.39, 0.29) is 5.82 Å². The van der Waals surface area contributed by atoms with Gasteiger partial charge in [0.05, 0.1) is 11.8 Å². The zero-order chi connectivity index (χ0) is 13.8. The third kappa shape index (κ3) is 3.41. The van der Waals surface area contributed by atoms with Gasteiger partial charge >= 0.3 is 0 Å². The molecule has 0 aliphatic carbocycles. The monoisotopic (exact) mass is 262 g/mol. The molecule has 3 nitrogen and oxygen atoms in total. The van der Waals surface area contributed by atoms with Crippen molar-refractivity contribution < 1.29 is 9.50 Å². The maximum absolute atomic E-state index is 13.5. The van der Waals surface area contributed by atoms with E-state index in [9.17, 15) is 9.50 Å². The maximum Gasteiger partial charge on any atom is 0.126 e. The van der Waals surface area contributed by atoms with Gasteiger partial charge in [0.1, 0.15) is 5.82 Å². The van der Waals surface area contributed by atoms with Gasteiger partial charge in [-0.25, -0.2) is 4.39 Å². The molecule has 1 unspecified atom stereocenters. The molecule has 2 aromatic rings. The molecular weight excluding hydrogens is 243 g/mol. The summed E-state index contributed by atoms with van der Waals surface area (Å²) in [4.78, 5) is 0. The first-order valence-electron chi connectivity index (χ1n) is 6.53. The zero-order valence-electron chi connectivity index (χ0n) is 11.3. The first-order valence-corrected chi connectivity index (χ1v) is 6.53. The Kier molecular flexibility index (Phi) is 4.32. The topological polar surface area (TPSA) is 38.0 Å². The quantitative estimate of drug-likeness (QED) is 0.897. The van der Waals surface area contributed by atoms with Gasteiger partial charge in [-0.3, -0.25) is 4.68 Å². The third-order valence-corrected chi connectivity index (χ3v) is 3.25. The van der Waals surface area contributed by atoms with Gasteiger partial charge in [-0.05, 0) is 24.1 Å². The first-order chi connectivity index (χ1) is 9.10. The molecule has 1 aromatic carbocycles. The van der Waals surface area contributed by atoms with Crippen molar-refractivity contribution in [2.24, 2.45) is 7.05 Å². The Morgan fingerprint density at radius 2 is 2.05 bits per heavy atom. The lowest BCUT2D eigenvalue weighted by molar-refractivity contribution is 0.171. The lowest BCUT2D eigenvalue weighted by Gasteiger charge is -2.11. The Hall–Kier alpha value is -1.68. The number of halogens is 1. The highest BCUT2D eigenvalue weighted by Crippen LogP contribution is 2.13. The van der Waals surface area contributed by atoms with Gasteiger partial charge in [0.2, 0.25) is 0 Å². The second kappa shape index (κ2) is 5.97. The predicted molar refractivity (Wildman–Crippen MR) is 72.4 cm³/mol. The summed E-state index contributed by atoms with van der Waals surface area (Å²) in [6, 6.07) is 8.55. The van der Waals surface area contributed by atoms with Crippen molar-refractivity contribution in [1.82, 2.24) is 9.78 Å². The number of aryl methyl sites for hydroxylation is 2. The van der Waals surface area contributed by atoms with E-state index in [1.54, 1.807) is 22.9 Å². The third-order valence-electron chi connectivity index (χ3n) is 3.25. The molecule has 0 fully saturated rings. The number of hydrogen-bond donors (Lipinski definition) is 1. The summed E-state index contributed by atoms with van der Waals surface area (Å²) in [6.45, 7) is 2.04. The van der Waals surface area contributed by atoms with Crippen molar-refractivity contribution in [1.29, 1.82) is 0 Å². The van der Waals surface area contributed by atoms with Crippen LogP contribution in [0, 0.1) is 5.82 Å². The van der Waals surface area contributed by atoms with Gasteiger partial charge in [0.25, 0.3) is 0 Å². The van der Waals surface area contributed by atoms with Gasteiger partial charge in [0.15, 0.2) is 0 Å². The van der Waals surface area contributed by atoms with Gasteiger partial charge < -0.3 is 5.11 Å².